The van der Waals surface area contributed by atoms with Crippen molar-refractivity contribution >= 4 is 11.9 Å². The first-order valence-corrected chi connectivity index (χ1v) is 7.69. The summed E-state index contributed by atoms with van der Waals surface area (Å²) in [7, 11) is 0. The smallest absolute Gasteiger partial charge is 0.323 e. The minimum atomic E-state index is -1.34. The van der Waals surface area contributed by atoms with Crippen molar-refractivity contribution in [1.29, 1.82) is 0 Å². The van der Waals surface area contributed by atoms with Crippen molar-refractivity contribution in [3.05, 3.63) is 18.4 Å². The normalized spacial score (nSPS) is 12.2. The number of ether oxygens (including phenoxy) is 2. The molecule has 4 heteroatoms. The molecule has 1 unspecified atom stereocenters. The largest absolute Gasteiger partial charge is 0.465 e. The monoisotopic (exact) mass is 296 g/mol. The Morgan fingerprint density at radius 3 is 2.05 bits per heavy atom. The molecular weight excluding hydrogens is 268 g/mol. The van der Waals surface area contributed by atoms with Crippen molar-refractivity contribution < 1.29 is 19.1 Å². The van der Waals surface area contributed by atoms with Crippen LogP contribution in [0.4, 0.5) is 0 Å². The first-order chi connectivity index (χ1) is 9.98. The minimum Gasteiger partial charge on any atom is -0.465 e. The van der Waals surface area contributed by atoms with Crippen molar-refractivity contribution in [1.82, 2.24) is 0 Å². The third-order valence-electron chi connectivity index (χ3n) is 3.58. The van der Waals surface area contributed by atoms with E-state index < -0.39 is 17.4 Å². The zero-order valence-corrected chi connectivity index (χ0v) is 13.7. The molecule has 0 aliphatic carbocycles. The van der Waals surface area contributed by atoms with Crippen LogP contribution in [-0.4, -0.2) is 25.2 Å². The maximum absolute atomic E-state index is 12.3. The van der Waals surface area contributed by atoms with Crippen molar-refractivity contribution in [2.24, 2.45) is 11.3 Å². The van der Waals surface area contributed by atoms with Crippen LogP contribution >= 0.6 is 0 Å². The average Bonchev–Trinajstić information content (AvgIpc) is 2.46. The summed E-state index contributed by atoms with van der Waals surface area (Å²) in [5.74, 6) is -1.41. The van der Waals surface area contributed by atoms with Gasteiger partial charge in [0.15, 0.2) is 5.41 Å². The number of unbranched alkanes of at least 4 members (excludes halogenated alkanes) is 2. The van der Waals surface area contributed by atoms with Crippen LogP contribution in [0.15, 0.2) is 18.4 Å². The number of hydrogen-bond acceptors (Lipinski definition) is 4. The zero-order chi connectivity index (χ0) is 16.3. The van der Waals surface area contributed by atoms with Crippen LogP contribution in [0.2, 0.25) is 0 Å². The molecular formula is C17H28O4. The fourth-order valence-electron chi connectivity index (χ4n) is 2.24. The summed E-state index contributed by atoms with van der Waals surface area (Å²) in [4.78, 5) is 24.7. The Morgan fingerprint density at radius 1 is 1.14 bits per heavy atom. The predicted octanol–water partition coefficient (Wildman–Crippen LogP) is 3.66. The molecule has 120 valence electrons. The summed E-state index contributed by atoms with van der Waals surface area (Å²) < 4.78 is 10.2. The van der Waals surface area contributed by atoms with Crippen molar-refractivity contribution in [2.45, 2.75) is 53.4 Å². The van der Waals surface area contributed by atoms with Gasteiger partial charge in [0.1, 0.15) is 0 Å². The number of esters is 2. The molecule has 0 bridgehead atoms. The Kier molecular flexibility index (Phi) is 9.48. The summed E-state index contributed by atoms with van der Waals surface area (Å²) in [6, 6.07) is 0. The van der Waals surface area contributed by atoms with Gasteiger partial charge in [-0.05, 0) is 33.3 Å². The second kappa shape index (κ2) is 10.2. The number of carbonyl (C=O) groups is 2. The molecule has 0 rings (SSSR count). The van der Waals surface area contributed by atoms with E-state index in [0.717, 1.165) is 19.3 Å². The van der Waals surface area contributed by atoms with E-state index in [1.54, 1.807) is 26.8 Å². The summed E-state index contributed by atoms with van der Waals surface area (Å²) in [5.41, 5.74) is 1.36. The molecule has 0 aromatic rings. The van der Waals surface area contributed by atoms with Gasteiger partial charge in [0, 0.05) is 5.92 Å². The molecule has 1 atom stereocenters. The van der Waals surface area contributed by atoms with Crippen LogP contribution < -0.4 is 0 Å². The molecule has 0 heterocycles. The lowest BCUT2D eigenvalue weighted by molar-refractivity contribution is -0.174. The summed E-state index contributed by atoms with van der Waals surface area (Å²) in [6.45, 7) is 11.2. The highest BCUT2D eigenvalue weighted by Gasteiger charge is 2.49. The van der Waals surface area contributed by atoms with Crippen LogP contribution in [0.5, 0.6) is 0 Å². The topological polar surface area (TPSA) is 52.6 Å². The van der Waals surface area contributed by atoms with Crippen LogP contribution in [0, 0.1) is 11.3 Å². The lowest BCUT2D eigenvalue weighted by Crippen LogP contribution is -2.45. The van der Waals surface area contributed by atoms with Gasteiger partial charge < -0.3 is 9.47 Å². The Morgan fingerprint density at radius 2 is 1.67 bits per heavy atom. The molecule has 21 heavy (non-hydrogen) atoms. The highest BCUT2D eigenvalue weighted by molar-refractivity contribution is 6.00. The van der Waals surface area contributed by atoms with Gasteiger partial charge >= 0.3 is 11.9 Å². The SMILES string of the molecule is C=C=CC(CCCCC)C(C)(C(=O)OCC)C(=O)OCC. The summed E-state index contributed by atoms with van der Waals surface area (Å²) >= 11 is 0. The summed E-state index contributed by atoms with van der Waals surface area (Å²) in [5, 5.41) is 0. The van der Waals surface area contributed by atoms with Gasteiger partial charge in [-0.25, -0.2) is 0 Å². The van der Waals surface area contributed by atoms with Crippen molar-refractivity contribution in [3.8, 4) is 0 Å². The fourth-order valence-corrected chi connectivity index (χ4v) is 2.24. The van der Waals surface area contributed by atoms with E-state index in [-0.39, 0.29) is 19.1 Å². The fraction of sp³-hybridized carbons (Fsp3) is 0.706. The molecule has 0 amide bonds. The third-order valence-corrected chi connectivity index (χ3v) is 3.58. The Bertz CT molecular complexity index is 362. The Balaban J connectivity index is 5.41. The van der Waals surface area contributed by atoms with Gasteiger partial charge in [0.05, 0.1) is 13.2 Å². The lowest BCUT2D eigenvalue weighted by atomic mass is 9.74. The van der Waals surface area contributed by atoms with Crippen LogP contribution in [-0.2, 0) is 19.1 Å². The minimum absolute atomic E-state index is 0.229. The summed E-state index contributed by atoms with van der Waals surface area (Å²) in [6.07, 6.45) is 5.42. The van der Waals surface area contributed by atoms with E-state index in [2.05, 4.69) is 19.2 Å². The lowest BCUT2D eigenvalue weighted by Gasteiger charge is -2.31. The first kappa shape index (κ1) is 19.5. The zero-order valence-electron chi connectivity index (χ0n) is 13.7. The molecule has 0 aromatic heterocycles. The Labute approximate surface area is 128 Å². The van der Waals surface area contributed by atoms with E-state index in [4.69, 9.17) is 9.47 Å². The highest BCUT2D eigenvalue weighted by Crippen LogP contribution is 2.35. The molecule has 0 spiro atoms. The van der Waals surface area contributed by atoms with Gasteiger partial charge in [-0.15, -0.1) is 5.73 Å². The van der Waals surface area contributed by atoms with Crippen molar-refractivity contribution in [2.75, 3.05) is 13.2 Å². The number of carbonyl (C=O) groups excluding carboxylic acids is 2. The third kappa shape index (κ3) is 5.39. The van der Waals surface area contributed by atoms with Crippen molar-refractivity contribution in [3.63, 3.8) is 0 Å². The quantitative estimate of drug-likeness (QED) is 0.267. The van der Waals surface area contributed by atoms with Gasteiger partial charge in [0.2, 0.25) is 0 Å². The molecule has 4 nitrogen and oxygen atoms in total. The Hall–Kier alpha value is -1.54. The standard InChI is InChI=1S/C17H28O4/c1-6-10-11-13-14(12-7-2)17(5,15(18)20-8-3)16(19)21-9-4/h12,14H,2,6,8-11,13H2,1,3-5H3. The van der Waals surface area contributed by atoms with Crippen LogP contribution in [0.1, 0.15) is 53.4 Å². The van der Waals surface area contributed by atoms with Gasteiger partial charge in [-0.3, -0.25) is 9.59 Å². The van der Waals surface area contributed by atoms with Gasteiger partial charge in [-0.2, -0.15) is 0 Å². The molecule has 0 aliphatic heterocycles. The number of allylic oxidation sites excluding steroid dienone is 1. The number of hydrogen-bond donors (Lipinski definition) is 0. The predicted molar refractivity (Wildman–Crippen MR) is 82.7 cm³/mol. The van der Waals surface area contributed by atoms with E-state index in [1.807, 2.05) is 0 Å². The molecule has 0 N–H and O–H groups in total. The van der Waals surface area contributed by atoms with E-state index in [0.29, 0.717) is 6.42 Å². The number of rotatable bonds is 10. The second-order valence-corrected chi connectivity index (χ2v) is 5.12. The van der Waals surface area contributed by atoms with Crippen LogP contribution in [0.3, 0.4) is 0 Å². The molecule has 0 aromatic carbocycles. The molecule has 0 radical (unpaired) electrons. The molecule has 0 saturated carbocycles. The van der Waals surface area contributed by atoms with E-state index in [1.165, 1.54) is 0 Å². The van der Waals surface area contributed by atoms with E-state index in [9.17, 15) is 9.59 Å². The second-order valence-electron chi connectivity index (χ2n) is 5.12. The molecule has 0 fully saturated rings. The average molecular weight is 296 g/mol. The van der Waals surface area contributed by atoms with Crippen LogP contribution in [0.25, 0.3) is 0 Å². The van der Waals surface area contributed by atoms with E-state index >= 15 is 0 Å². The molecule has 0 saturated heterocycles. The first-order valence-electron chi connectivity index (χ1n) is 7.69. The molecule has 0 aliphatic rings. The maximum atomic E-state index is 12.3. The van der Waals surface area contributed by atoms with Gasteiger partial charge in [0.25, 0.3) is 0 Å². The van der Waals surface area contributed by atoms with Gasteiger partial charge in [-0.1, -0.05) is 32.8 Å². The maximum Gasteiger partial charge on any atom is 0.323 e. The highest BCUT2D eigenvalue weighted by atomic mass is 16.6.